The van der Waals surface area contributed by atoms with Crippen LogP contribution in [0.15, 0.2) is 48.8 Å². The molecule has 4 aromatic rings. The maximum atomic E-state index is 9.54. The zero-order chi connectivity index (χ0) is 22.2. The van der Waals surface area contributed by atoms with Gasteiger partial charge < -0.3 is 10.4 Å². The number of hydrogen-bond donors (Lipinski definition) is 2. The average molecular weight is 456 g/mol. The van der Waals surface area contributed by atoms with E-state index >= 15 is 0 Å². The summed E-state index contributed by atoms with van der Waals surface area (Å²) in [4.78, 5) is 13.9. The Labute approximate surface area is 190 Å². The van der Waals surface area contributed by atoms with E-state index in [0.717, 1.165) is 29.1 Å². The average Bonchev–Trinajstić information content (AvgIpc) is 3.12. The number of nitrogens with one attached hydrogen (secondary N) is 1. The van der Waals surface area contributed by atoms with E-state index in [4.69, 9.17) is 33.2 Å². The molecule has 0 unspecified atom stereocenters. The SMILES string of the molecule is CC(C)(C)CNc1nccc(-c2c(-c3ccc(Cl)c(Cl)c3)nc3cc(CO)ccn23)n1. The molecular formula is C23H23Cl2N5O. The first kappa shape index (κ1) is 21.6. The number of halogens is 2. The van der Waals surface area contributed by atoms with E-state index in [2.05, 4.69) is 31.1 Å². The molecule has 0 fully saturated rings. The summed E-state index contributed by atoms with van der Waals surface area (Å²) in [7, 11) is 0. The summed E-state index contributed by atoms with van der Waals surface area (Å²) in [5, 5.41) is 13.8. The fraction of sp³-hybridized carbons (Fsp3) is 0.261. The van der Waals surface area contributed by atoms with Crippen LogP contribution < -0.4 is 5.32 Å². The lowest BCUT2D eigenvalue weighted by Gasteiger charge is -2.18. The Balaban J connectivity index is 1.89. The van der Waals surface area contributed by atoms with Gasteiger partial charge in [0.25, 0.3) is 0 Å². The zero-order valence-corrected chi connectivity index (χ0v) is 19.0. The van der Waals surface area contributed by atoms with Gasteiger partial charge in [0.1, 0.15) is 5.65 Å². The van der Waals surface area contributed by atoms with Crippen molar-refractivity contribution in [3.05, 3.63) is 64.4 Å². The van der Waals surface area contributed by atoms with Gasteiger partial charge in [0.2, 0.25) is 5.95 Å². The maximum Gasteiger partial charge on any atom is 0.223 e. The van der Waals surface area contributed by atoms with Gasteiger partial charge in [0.15, 0.2) is 0 Å². The molecule has 0 radical (unpaired) electrons. The number of fused-ring (bicyclic) bond motifs is 1. The number of aliphatic hydroxyl groups is 1. The Hall–Kier alpha value is -2.67. The first-order chi connectivity index (χ1) is 14.7. The number of aromatic nitrogens is 4. The quantitative estimate of drug-likeness (QED) is 0.402. The molecule has 0 saturated carbocycles. The standard InChI is InChI=1S/C23H23Cl2N5O/c1-23(2,3)13-27-22-26-8-6-18(28-22)21-20(15-4-5-16(24)17(25)11-15)29-19-10-14(12-31)7-9-30(19)21/h4-11,31H,12-13H2,1-3H3,(H,26,27,28). The van der Waals surface area contributed by atoms with E-state index in [0.29, 0.717) is 27.3 Å². The van der Waals surface area contributed by atoms with Crippen LogP contribution in [0.25, 0.3) is 28.3 Å². The highest BCUT2D eigenvalue weighted by molar-refractivity contribution is 6.42. The van der Waals surface area contributed by atoms with E-state index in [-0.39, 0.29) is 12.0 Å². The van der Waals surface area contributed by atoms with Crippen LogP contribution >= 0.6 is 23.2 Å². The summed E-state index contributed by atoms with van der Waals surface area (Å²) in [5.41, 5.74) is 4.63. The lowest BCUT2D eigenvalue weighted by molar-refractivity contribution is 0.282. The topological polar surface area (TPSA) is 75.3 Å². The monoisotopic (exact) mass is 455 g/mol. The van der Waals surface area contributed by atoms with Crippen LogP contribution in [-0.2, 0) is 6.61 Å². The summed E-state index contributed by atoms with van der Waals surface area (Å²) < 4.78 is 1.95. The van der Waals surface area contributed by atoms with E-state index in [9.17, 15) is 5.11 Å². The van der Waals surface area contributed by atoms with Gasteiger partial charge >= 0.3 is 0 Å². The molecule has 0 bridgehead atoms. The Morgan fingerprint density at radius 1 is 1.03 bits per heavy atom. The highest BCUT2D eigenvalue weighted by Crippen LogP contribution is 2.35. The van der Waals surface area contributed by atoms with Crippen molar-refractivity contribution in [2.75, 3.05) is 11.9 Å². The number of nitrogens with zero attached hydrogens (tertiary/aromatic N) is 4. The second kappa shape index (κ2) is 8.46. The minimum Gasteiger partial charge on any atom is -0.392 e. The number of pyridine rings is 1. The third-order valence-corrected chi connectivity index (χ3v) is 5.48. The highest BCUT2D eigenvalue weighted by atomic mass is 35.5. The Morgan fingerprint density at radius 3 is 2.55 bits per heavy atom. The van der Waals surface area contributed by atoms with Crippen LogP contribution in [0, 0.1) is 5.41 Å². The van der Waals surface area contributed by atoms with Crippen LogP contribution in [0.2, 0.25) is 10.0 Å². The summed E-state index contributed by atoms with van der Waals surface area (Å²) in [6, 6.07) is 11.0. The van der Waals surface area contributed by atoms with Crippen molar-refractivity contribution in [3.8, 4) is 22.6 Å². The van der Waals surface area contributed by atoms with Crippen molar-refractivity contribution >= 4 is 34.8 Å². The molecule has 0 aliphatic carbocycles. The molecule has 6 nitrogen and oxygen atoms in total. The molecule has 31 heavy (non-hydrogen) atoms. The second-order valence-corrected chi connectivity index (χ2v) is 9.35. The minimum absolute atomic E-state index is 0.0603. The van der Waals surface area contributed by atoms with Gasteiger partial charge in [-0.05, 0) is 41.3 Å². The van der Waals surface area contributed by atoms with Crippen LogP contribution in [-0.4, -0.2) is 31.0 Å². The first-order valence-corrected chi connectivity index (χ1v) is 10.7. The molecule has 1 aromatic carbocycles. The van der Waals surface area contributed by atoms with E-state index in [1.807, 2.05) is 34.9 Å². The molecule has 0 spiro atoms. The molecule has 2 N–H and O–H groups in total. The number of anilines is 1. The molecule has 3 heterocycles. The van der Waals surface area contributed by atoms with Crippen LogP contribution in [0.4, 0.5) is 5.95 Å². The number of benzene rings is 1. The Kier molecular flexibility index (Phi) is 5.88. The molecule has 0 saturated heterocycles. The third-order valence-electron chi connectivity index (χ3n) is 4.74. The van der Waals surface area contributed by atoms with Crippen LogP contribution in [0.3, 0.4) is 0 Å². The number of imidazole rings is 1. The van der Waals surface area contributed by atoms with Crippen molar-refractivity contribution in [2.45, 2.75) is 27.4 Å². The highest BCUT2D eigenvalue weighted by Gasteiger charge is 2.19. The maximum absolute atomic E-state index is 9.54. The largest absolute Gasteiger partial charge is 0.392 e. The zero-order valence-electron chi connectivity index (χ0n) is 17.5. The van der Waals surface area contributed by atoms with E-state index in [1.165, 1.54) is 0 Å². The van der Waals surface area contributed by atoms with Gasteiger partial charge in [0.05, 0.1) is 33.7 Å². The van der Waals surface area contributed by atoms with Crippen molar-refractivity contribution in [2.24, 2.45) is 5.41 Å². The molecule has 0 amide bonds. The van der Waals surface area contributed by atoms with Crippen LogP contribution in [0.1, 0.15) is 26.3 Å². The van der Waals surface area contributed by atoms with Crippen molar-refractivity contribution in [1.82, 2.24) is 19.4 Å². The molecule has 4 rings (SSSR count). The third kappa shape index (κ3) is 4.66. The van der Waals surface area contributed by atoms with Gasteiger partial charge in [-0.3, -0.25) is 4.40 Å². The molecule has 0 aliphatic rings. The predicted molar refractivity (Wildman–Crippen MR) is 126 cm³/mol. The molecular weight excluding hydrogens is 433 g/mol. The van der Waals surface area contributed by atoms with Gasteiger partial charge in [-0.15, -0.1) is 0 Å². The number of rotatable bonds is 5. The Morgan fingerprint density at radius 2 is 1.84 bits per heavy atom. The lowest BCUT2D eigenvalue weighted by Crippen LogP contribution is -2.20. The number of aliphatic hydroxyl groups excluding tert-OH is 1. The summed E-state index contributed by atoms with van der Waals surface area (Å²) in [6.07, 6.45) is 3.61. The van der Waals surface area contributed by atoms with Gasteiger partial charge in [0, 0.05) is 24.5 Å². The van der Waals surface area contributed by atoms with Gasteiger partial charge in [-0.25, -0.2) is 15.0 Å². The fourth-order valence-corrected chi connectivity index (χ4v) is 3.49. The molecule has 8 heteroatoms. The van der Waals surface area contributed by atoms with Crippen molar-refractivity contribution < 1.29 is 5.11 Å². The molecule has 0 atom stereocenters. The predicted octanol–water partition coefficient (Wildman–Crippen LogP) is 5.72. The minimum atomic E-state index is -0.0603. The summed E-state index contributed by atoms with van der Waals surface area (Å²) in [6.45, 7) is 7.12. The molecule has 0 aliphatic heterocycles. The summed E-state index contributed by atoms with van der Waals surface area (Å²) >= 11 is 12.4. The van der Waals surface area contributed by atoms with E-state index in [1.54, 1.807) is 18.3 Å². The van der Waals surface area contributed by atoms with Gasteiger partial charge in [-0.2, -0.15) is 0 Å². The fourth-order valence-electron chi connectivity index (χ4n) is 3.19. The first-order valence-electron chi connectivity index (χ1n) is 9.90. The molecule has 3 aromatic heterocycles. The second-order valence-electron chi connectivity index (χ2n) is 8.54. The van der Waals surface area contributed by atoms with Crippen molar-refractivity contribution in [3.63, 3.8) is 0 Å². The van der Waals surface area contributed by atoms with Crippen LogP contribution in [0.5, 0.6) is 0 Å². The Bertz CT molecular complexity index is 1250. The number of hydrogen-bond acceptors (Lipinski definition) is 5. The normalized spacial score (nSPS) is 11.8. The lowest BCUT2D eigenvalue weighted by atomic mass is 9.97. The summed E-state index contributed by atoms with van der Waals surface area (Å²) in [5.74, 6) is 0.550. The molecule has 160 valence electrons. The smallest absolute Gasteiger partial charge is 0.223 e. The van der Waals surface area contributed by atoms with Gasteiger partial charge in [-0.1, -0.05) is 50.0 Å². The van der Waals surface area contributed by atoms with Crippen molar-refractivity contribution in [1.29, 1.82) is 0 Å². The van der Waals surface area contributed by atoms with E-state index < -0.39 is 0 Å².